The maximum absolute atomic E-state index is 7.33. The van der Waals surface area contributed by atoms with Gasteiger partial charge in [0.25, 0.3) is 0 Å². The van der Waals surface area contributed by atoms with Gasteiger partial charge in [0.05, 0.1) is 0 Å². The molecule has 0 bridgehead atoms. The van der Waals surface area contributed by atoms with Gasteiger partial charge in [-0.1, -0.05) is 0 Å². The van der Waals surface area contributed by atoms with Gasteiger partial charge in [-0.2, -0.15) is 0 Å². The fourth-order valence-corrected chi connectivity index (χ4v) is 0. The normalized spacial score (nSPS) is 8.57. The predicted molar refractivity (Wildman–Crippen MR) is 23.2 cm³/mol. The Kier molecular flexibility index (Phi) is 14.2. The molecule has 47 valence electrons. The van der Waals surface area contributed by atoms with Crippen molar-refractivity contribution in [3.8, 4) is 0 Å². The van der Waals surface area contributed by atoms with Crippen LogP contribution in [0.1, 0.15) is 0 Å². The van der Waals surface area contributed by atoms with Gasteiger partial charge in [-0.05, 0) is 0 Å². The van der Waals surface area contributed by atoms with E-state index >= 15 is 0 Å². The molecule has 0 atom stereocenters. The van der Waals surface area contributed by atoms with Crippen LogP contribution in [0.15, 0.2) is 0 Å². The summed E-state index contributed by atoms with van der Waals surface area (Å²) in [4.78, 5) is 29.3. The van der Waals surface area contributed by atoms with Crippen molar-refractivity contribution in [1.29, 1.82) is 0 Å². The van der Waals surface area contributed by atoms with E-state index in [0.717, 1.165) is 0 Å². The molecular weight excluding hydrogens is 240 g/mol. The number of rotatable bonds is 0. The van der Waals surface area contributed by atoms with Crippen LogP contribution in [0, 0.1) is 0 Å². The van der Waals surface area contributed by atoms with Crippen molar-refractivity contribution in [1.82, 2.24) is 0 Å². The molecule has 0 aromatic carbocycles. The van der Waals surface area contributed by atoms with Gasteiger partial charge in [-0.25, -0.2) is 0 Å². The molecule has 4 nitrogen and oxygen atoms in total. The molecule has 0 unspecified atom stereocenters. The van der Waals surface area contributed by atoms with Crippen LogP contribution in [0.3, 0.4) is 0 Å². The van der Waals surface area contributed by atoms with Gasteiger partial charge in [0, 0.05) is 22.4 Å². The second-order valence-electron chi connectivity index (χ2n) is 0.600. The number of hydrogen-bond acceptors (Lipinski definition) is 4. The summed E-state index contributed by atoms with van der Waals surface area (Å²) < 4.78 is 0. The van der Waals surface area contributed by atoms with Crippen LogP contribution in [0.4, 0.5) is 0 Å². The zero-order valence-electron chi connectivity index (χ0n) is 2.59. The summed E-state index contributed by atoms with van der Waals surface area (Å²) in [5, 5.41) is 0. The fourth-order valence-electron chi connectivity index (χ4n) is 0. The molecule has 0 saturated heterocycles. The second kappa shape index (κ2) is 6.18. The SMILES string of the molecule is O[Si](O)(O)O.[Ag].[CaH2]. The monoisotopic (exact) mass is 245 g/mol. The molecule has 0 amide bonds. The van der Waals surface area contributed by atoms with Crippen LogP contribution in [0.25, 0.3) is 0 Å². The Labute approximate surface area is 87.2 Å². The van der Waals surface area contributed by atoms with Crippen LogP contribution in [-0.4, -0.2) is 66.0 Å². The van der Waals surface area contributed by atoms with E-state index in [1.54, 1.807) is 0 Å². The Morgan fingerprint density at radius 2 is 0.857 bits per heavy atom. The minimum atomic E-state index is -4.61. The van der Waals surface area contributed by atoms with Crippen LogP contribution >= 0.6 is 0 Å². The van der Waals surface area contributed by atoms with Crippen molar-refractivity contribution in [3.63, 3.8) is 0 Å². The first-order valence-electron chi connectivity index (χ1n) is 0.894. The Morgan fingerprint density at radius 3 is 0.857 bits per heavy atom. The van der Waals surface area contributed by atoms with Gasteiger partial charge >= 0.3 is 46.8 Å². The minimum absolute atomic E-state index is 0. The van der Waals surface area contributed by atoms with Crippen molar-refractivity contribution in [2.75, 3.05) is 0 Å². The molecule has 0 saturated carbocycles. The first-order valence-corrected chi connectivity index (χ1v) is 2.68. The van der Waals surface area contributed by atoms with Gasteiger partial charge in [0.1, 0.15) is 0 Å². The Balaban J connectivity index is -0.0000000800. The molecule has 0 rings (SSSR count). The van der Waals surface area contributed by atoms with Crippen LogP contribution in [-0.2, 0) is 22.4 Å². The standard InChI is InChI=1S/Ag.Ca.H4O4Si.2H/c;;1-5(2,3)4;;/h;;1-4H;;. The molecule has 4 N–H and O–H groups in total. The molecule has 0 aliphatic rings. The zero-order valence-corrected chi connectivity index (χ0v) is 5.07. The summed E-state index contributed by atoms with van der Waals surface area (Å²) >= 11 is 0. The summed E-state index contributed by atoms with van der Waals surface area (Å²) in [6.45, 7) is 0. The molecule has 0 aromatic heterocycles. The third kappa shape index (κ3) is 69.9. The van der Waals surface area contributed by atoms with Crippen LogP contribution < -0.4 is 0 Å². The molecule has 0 fully saturated rings. The summed E-state index contributed by atoms with van der Waals surface area (Å²) in [5.41, 5.74) is 0. The number of hydrogen-bond donors (Lipinski definition) is 4. The first-order chi connectivity index (χ1) is 2.00. The average Bonchev–Trinajstić information content (AvgIpc) is 0.722. The van der Waals surface area contributed by atoms with E-state index in [0.29, 0.717) is 0 Å². The van der Waals surface area contributed by atoms with Gasteiger partial charge < -0.3 is 19.2 Å². The predicted octanol–water partition coefficient (Wildman–Crippen LogP) is -3.53. The Morgan fingerprint density at radius 1 is 0.857 bits per heavy atom. The summed E-state index contributed by atoms with van der Waals surface area (Å²) in [7, 11) is -4.61. The summed E-state index contributed by atoms with van der Waals surface area (Å²) in [6.07, 6.45) is 0. The molecule has 0 aromatic rings. The van der Waals surface area contributed by atoms with E-state index in [4.69, 9.17) is 19.2 Å². The molecule has 0 aliphatic heterocycles. The van der Waals surface area contributed by atoms with Crippen molar-refractivity contribution in [2.24, 2.45) is 0 Å². The van der Waals surface area contributed by atoms with E-state index in [1.165, 1.54) is 0 Å². The molecule has 1 radical (unpaired) electrons. The van der Waals surface area contributed by atoms with Gasteiger partial charge in [0.2, 0.25) is 0 Å². The quantitative estimate of drug-likeness (QED) is 0.334. The summed E-state index contributed by atoms with van der Waals surface area (Å²) in [5.74, 6) is 0. The topological polar surface area (TPSA) is 80.9 Å². The summed E-state index contributed by atoms with van der Waals surface area (Å²) in [6, 6.07) is 0. The van der Waals surface area contributed by atoms with Gasteiger partial charge in [-0.3, -0.25) is 0 Å². The first kappa shape index (κ1) is 16.0. The molecular formula is H6AgCaO4Si. The van der Waals surface area contributed by atoms with Crippen molar-refractivity contribution < 1.29 is 41.6 Å². The third-order valence-electron chi connectivity index (χ3n) is 0. The Bertz CT molecular complexity index is 27.2. The van der Waals surface area contributed by atoms with E-state index in [1.807, 2.05) is 0 Å². The molecule has 0 spiro atoms. The third-order valence-corrected chi connectivity index (χ3v) is 0. The Hall–Kier alpha value is 2.06. The molecule has 7 heteroatoms. The van der Waals surface area contributed by atoms with Gasteiger partial charge in [-0.15, -0.1) is 0 Å². The van der Waals surface area contributed by atoms with E-state index in [-0.39, 0.29) is 60.1 Å². The van der Waals surface area contributed by atoms with Gasteiger partial charge in [0.15, 0.2) is 0 Å². The fraction of sp³-hybridized carbons (Fsp3) is 0. The second-order valence-corrected chi connectivity index (χ2v) is 1.80. The molecule has 0 heterocycles. The van der Waals surface area contributed by atoms with E-state index in [2.05, 4.69) is 0 Å². The molecule has 0 aliphatic carbocycles. The average molecular weight is 246 g/mol. The van der Waals surface area contributed by atoms with Crippen LogP contribution in [0.5, 0.6) is 0 Å². The zero-order chi connectivity index (χ0) is 4.50. The maximum atomic E-state index is 7.33. The van der Waals surface area contributed by atoms with E-state index in [9.17, 15) is 0 Å². The van der Waals surface area contributed by atoms with Crippen molar-refractivity contribution >= 4 is 46.8 Å². The van der Waals surface area contributed by atoms with Crippen molar-refractivity contribution in [2.45, 2.75) is 0 Å². The van der Waals surface area contributed by atoms with E-state index < -0.39 is 9.05 Å². The van der Waals surface area contributed by atoms with Crippen LogP contribution in [0.2, 0.25) is 0 Å². The molecule has 7 heavy (non-hydrogen) atoms. The van der Waals surface area contributed by atoms with Crippen molar-refractivity contribution in [3.05, 3.63) is 0 Å².